The molecule has 0 aliphatic heterocycles. The molecule has 0 aliphatic carbocycles. The Hall–Kier alpha value is -1.42. The minimum absolute atomic E-state index is 0.829. The van der Waals surface area contributed by atoms with Gasteiger partial charge in [0.1, 0.15) is 11.5 Å². The predicted octanol–water partition coefficient (Wildman–Crippen LogP) is 2.12. The summed E-state index contributed by atoms with van der Waals surface area (Å²) in [6.45, 7) is 5.01. The molecule has 2 N–H and O–H groups in total. The van der Waals surface area contributed by atoms with Crippen molar-refractivity contribution in [2.24, 2.45) is 0 Å². The van der Waals surface area contributed by atoms with Crippen LogP contribution in [0.25, 0.3) is 0 Å². The number of methoxy groups -OCH3 is 2. The summed E-state index contributed by atoms with van der Waals surface area (Å²) in [5.74, 6) is 1.66. The van der Waals surface area contributed by atoms with E-state index < -0.39 is 0 Å². The molecule has 0 bridgehead atoms. The highest BCUT2D eigenvalue weighted by Gasteiger charge is 2.03. The predicted molar refractivity (Wildman–Crippen MR) is 71.2 cm³/mol. The SMILES string of the molecule is CCCNCCNc1cc(OC)ccc1OC. The lowest BCUT2D eigenvalue weighted by Gasteiger charge is -2.12. The van der Waals surface area contributed by atoms with Gasteiger partial charge in [0.15, 0.2) is 0 Å². The summed E-state index contributed by atoms with van der Waals surface area (Å²) in [5, 5.41) is 6.67. The molecule has 0 fully saturated rings. The Labute approximate surface area is 103 Å². The third-order valence-electron chi connectivity index (χ3n) is 2.45. The zero-order valence-corrected chi connectivity index (χ0v) is 10.9. The van der Waals surface area contributed by atoms with Gasteiger partial charge in [0.05, 0.1) is 19.9 Å². The van der Waals surface area contributed by atoms with Gasteiger partial charge in [0.2, 0.25) is 0 Å². The van der Waals surface area contributed by atoms with Gasteiger partial charge < -0.3 is 20.1 Å². The molecule has 0 saturated carbocycles. The standard InChI is InChI=1S/C13H22N2O2/c1-4-7-14-8-9-15-12-10-11(16-2)5-6-13(12)17-3/h5-6,10,14-15H,4,7-9H2,1-3H3. The van der Waals surface area contributed by atoms with Gasteiger partial charge in [-0.1, -0.05) is 6.92 Å². The second kappa shape index (κ2) is 7.79. The number of benzene rings is 1. The normalized spacial score (nSPS) is 10.1. The first-order valence-electron chi connectivity index (χ1n) is 5.98. The van der Waals surface area contributed by atoms with Crippen molar-refractivity contribution >= 4 is 5.69 Å². The monoisotopic (exact) mass is 238 g/mol. The lowest BCUT2D eigenvalue weighted by molar-refractivity contribution is 0.404. The van der Waals surface area contributed by atoms with Crippen LogP contribution in [0.4, 0.5) is 5.69 Å². The molecule has 17 heavy (non-hydrogen) atoms. The molecule has 1 aromatic rings. The van der Waals surface area contributed by atoms with Crippen molar-refractivity contribution in [3.63, 3.8) is 0 Å². The molecular formula is C13H22N2O2. The second-order valence-corrected chi connectivity index (χ2v) is 3.74. The van der Waals surface area contributed by atoms with Gasteiger partial charge in [0.25, 0.3) is 0 Å². The average Bonchev–Trinajstić information content (AvgIpc) is 2.38. The van der Waals surface area contributed by atoms with Gasteiger partial charge >= 0.3 is 0 Å². The number of hydrogen-bond donors (Lipinski definition) is 2. The number of ether oxygens (including phenoxy) is 2. The fourth-order valence-electron chi connectivity index (χ4n) is 1.54. The fourth-order valence-corrected chi connectivity index (χ4v) is 1.54. The van der Waals surface area contributed by atoms with E-state index in [9.17, 15) is 0 Å². The van der Waals surface area contributed by atoms with Crippen LogP contribution in [0, 0.1) is 0 Å². The molecule has 0 unspecified atom stereocenters. The molecule has 0 aliphatic rings. The number of rotatable bonds is 8. The van der Waals surface area contributed by atoms with Crippen molar-refractivity contribution in [2.75, 3.05) is 39.2 Å². The molecule has 4 nitrogen and oxygen atoms in total. The molecule has 1 rings (SSSR count). The van der Waals surface area contributed by atoms with Crippen molar-refractivity contribution in [3.05, 3.63) is 18.2 Å². The maximum Gasteiger partial charge on any atom is 0.142 e. The van der Waals surface area contributed by atoms with E-state index in [-0.39, 0.29) is 0 Å². The maximum atomic E-state index is 5.28. The van der Waals surface area contributed by atoms with Gasteiger partial charge in [-0.25, -0.2) is 0 Å². The van der Waals surface area contributed by atoms with Crippen molar-refractivity contribution in [3.8, 4) is 11.5 Å². The molecule has 0 spiro atoms. The quantitative estimate of drug-likeness (QED) is 0.681. The van der Waals surface area contributed by atoms with E-state index in [0.717, 1.165) is 43.2 Å². The number of nitrogens with one attached hydrogen (secondary N) is 2. The molecule has 4 heteroatoms. The molecule has 0 atom stereocenters. The average molecular weight is 238 g/mol. The van der Waals surface area contributed by atoms with E-state index >= 15 is 0 Å². The highest BCUT2D eigenvalue weighted by molar-refractivity contribution is 5.59. The molecule has 0 amide bonds. The van der Waals surface area contributed by atoms with Crippen LogP contribution in [-0.4, -0.2) is 33.9 Å². The Morgan fingerprint density at radius 3 is 2.53 bits per heavy atom. The Balaban J connectivity index is 2.49. The topological polar surface area (TPSA) is 42.5 Å². The van der Waals surface area contributed by atoms with Gasteiger partial charge in [-0.2, -0.15) is 0 Å². The van der Waals surface area contributed by atoms with Gasteiger partial charge in [0, 0.05) is 19.2 Å². The van der Waals surface area contributed by atoms with Gasteiger partial charge in [-0.3, -0.25) is 0 Å². The fraction of sp³-hybridized carbons (Fsp3) is 0.538. The first kappa shape index (κ1) is 13.6. The van der Waals surface area contributed by atoms with Crippen LogP contribution >= 0.6 is 0 Å². The smallest absolute Gasteiger partial charge is 0.142 e. The highest BCUT2D eigenvalue weighted by Crippen LogP contribution is 2.28. The third kappa shape index (κ3) is 4.53. The van der Waals surface area contributed by atoms with E-state index in [1.807, 2.05) is 18.2 Å². The van der Waals surface area contributed by atoms with Crippen molar-refractivity contribution in [1.29, 1.82) is 0 Å². The van der Waals surface area contributed by atoms with Gasteiger partial charge in [-0.15, -0.1) is 0 Å². The van der Waals surface area contributed by atoms with Crippen molar-refractivity contribution in [1.82, 2.24) is 5.32 Å². The lowest BCUT2D eigenvalue weighted by Crippen LogP contribution is -2.22. The minimum Gasteiger partial charge on any atom is -0.497 e. The molecule has 0 radical (unpaired) electrons. The van der Waals surface area contributed by atoms with Crippen LogP contribution < -0.4 is 20.1 Å². The zero-order chi connectivity index (χ0) is 12.5. The van der Waals surface area contributed by atoms with E-state index in [1.54, 1.807) is 14.2 Å². The summed E-state index contributed by atoms with van der Waals surface area (Å²) in [7, 11) is 3.33. The maximum absolute atomic E-state index is 5.28. The molecule has 0 aromatic heterocycles. The first-order chi connectivity index (χ1) is 8.31. The first-order valence-corrected chi connectivity index (χ1v) is 5.98. The van der Waals surface area contributed by atoms with E-state index in [2.05, 4.69) is 17.6 Å². The molecule has 0 heterocycles. The molecule has 0 saturated heterocycles. The zero-order valence-electron chi connectivity index (χ0n) is 10.9. The minimum atomic E-state index is 0.829. The Kier molecular flexibility index (Phi) is 6.25. The second-order valence-electron chi connectivity index (χ2n) is 3.74. The molecular weight excluding hydrogens is 216 g/mol. The van der Waals surface area contributed by atoms with E-state index in [0.29, 0.717) is 0 Å². The van der Waals surface area contributed by atoms with Crippen LogP contribution in [-0.2, 0) is 0 Å². The molecule has 96 valence electrons. The summed E-state index contributed by atoms with van der Waals surface area (Å²) < 4.78 is 10.5. The summed E-state index contributed by atoms with van der Waals surface area (Å²) in [5.41, 5.74) is 0.963. The van der Waals surface area contributed by atoms with E-state index in [1.165, 1.54) is 0 Å². The summed E-state index contributed by atoms with van der Waals surface area (Å²) >= 11 is 0. The van der Waals surface area contributed by atoms with Crippen LogP contribution in [0.5, 0.6) is 11.5 Å². The van der Waals surface area contributed by atoms with Crippen molar-refractivity contribution < 1.29 is 9.47 Å². The van der Waals surface area contributed by atoms with E-state index in [4.69, 9.17) is 9.47 Å². The van der Waals surface area contributed by atoms with Crippen LogP contribution in [0.15, 0.2) is 18.2 Å². The summed E-state index contributed by atoms with van der Waals surface area (Å²) in [6.07, 6.45) is 1.16. The Bertz CT molecular complexity index is 329. The van der Waals surface area contributed by atoms with Crippen LogP contribution in [0.2, 0.25) is 0 Å². The summed E-state index contributed by atoms with van der Waals surface area (Å²) in [4.78, 5) is 0. The Morgan fingerprint density at radius 1 is 1.06 bits per heavy atom. The van der Waals surface area contributed by atoms with Crippen LogP contribution in [0.1, 0.15) is 13.3 Å². The largest absolute Gasteiger partial charge is 0.497 e. The number of hydrogen-bond acceptors (Lipinski definition) is 4. The third-order valence-corrected chi connectivity index (χ3v) is 2.45. The van der Waals surface area contributed by atoms with Gasteiger partial charge in [-0.05, 0) is 25.1 Å². The van der Waals surface area contributed by atoms with Crippen LogP contribution in [0.3, 0.4) is 0 Å². The highest BCUT2D eigenvalue weighted by atomic mass is 16.5. The van der Waals surface area contributed by atoms with Crippen molar-refractivity contribution in [2.45, 2.75) is 13.3 Å². The summed E-state index contributed by atoms with van der Waals surface area (Å²) in [6, 6.07) is 5.73. The Morgan fingerprint density at radius 2 is 1.88 bits per heavy atom. The molecule has 1 aromatic carbocycles. The lowest BCUT2D eigenvalue weighted by atomic mass is 10.2. The number of anilines is 1.